The minimum Gasteiger partial charge on any atom is -0.462 e. The van der Waals surface area contributed by atoms with Gasteiger partial charge in [0, 0.05) is 6.42 Å². The number of nitrogens with one attached hydrogen (secondary N) is 1. The fourth-order valence-electron chi connectivity index (χ4n) is 8.61. The number of ether oxygens (including phenoxy) is 1. The van der Waals surface area contributed by atoms with Crippen LogP contribution in [0.15, 0.2) is 0 Å². The third kappa shape index (κ3) is 43.3. The van der Waals surface area contributed by atoms with Gasteiger partial charge in [-0.1, -0.05) is 265 Å². The maximum Gasteiger partial charge on any atom is 0.306 e. The van der Waals surface area contributed by atoms with Crippen molar-refractivity contribution in [3.8, 4) is 0 Å². The van der Waals surface area contributed by atoms with Crippen LogP contribution in [0, 0.1) is 0 Å². The minimum atomic E-state index is -0.778. The van der Waals surface area contributed by atoms with Crippen LogP contribution in [-0.4, -0.2) is 46.9 Å². The molecule has 3 unspecified atom stereocenters. The first-order chi connectivity index (χ1) is 29.0. The van der Waals surface area contributed by atoms with Crippen LogP contribution >= 0.6 is 0 Å². The Kier molecular flexibility index (Phi) is 47.0. The molecule has 0 saturated carbocycles. The van der Waals surface area contributed by atoms with Crippen molar-refractivity contribution in [2.24, 2.45) is 0 Å². The van der Waals surface area contributed by atoms with E-state index in [0.717, 1.165) is 38.5 Å². The number of hydrogen-bond donors (Lipinski definition) is 3. The van der Waals surface area contributed by atoms with Gasteiger partial charge in [0.05, 0.1) is 25.2 Å². The maximum atomic E-state index is 13.2. The average molecular weight is 836 g/mol. The van der Waals surface area contributed by atoms with Crippen LogP contribution in [0.1, 0.15) is 303 Å². The lowest BCUT2D eigenvalue weighted by molar-refractivity contribution is -0.151. The van der Waals surface area contributed by atoms with E-state index in [4.69, 9.17) is 4.74 Å². The number of carbonyl (C=O) groups excluding carboxylic acids is 2. The second kappa shape index (κ2) is 47.9. The van der Waals surface area contributed by atoms with E-state index >= 15 is 0 Å². The zero-order chi connectivity index (χ0) is 43.1. The normalized spacial score (nSPS) is 13.1. The molecule has 1 amide bonds. The Balaban J connectivity index is 4.32. The quantitative estimate of drug-likeness (QED) is 0.0419. The van der Waals surface area contributed by atoms with Gasteiger partial charge in [0.15, 0.2) is 0 Å². The van der Waals surface area contributed by atoms with Gasteiger partial charge in [-0.15, -0.1) is 0 Å². The Bertz CT molecular complexity index is 852. The predicted molar refractivity (Wildman–Crippen MR) is 255 cm³/mol. The molecule has 6 nitrogen and oxygen atoms in total. The molecule has 0 saturated heterocycles. The monoisotopic (exact) mass is 836 g/mol. The number of aliphatic hydroxyl groups excluding tert-OH is 2. The Labute approximate surface area is 368 Å². The molecule has 0 bridgehead atoms. The smallest absolute Gasteiger partial charge is 0.306 e. The van der Waals surface area contributed by atoms with Gasteiger partial charge < -0.3 is 20.3 Å². The molecular weight excluding hydrogens is 731 g/mol. The first-order valence-electron chi connectivity index (χ1n) is 26.8. The van der Waals surface area contributed by atoms with Crippen LogP contribution in [0.25, 0.3) is 0 Å². The fourth-order valence-corrected chi connectivity index (χ4v) is 8.61. The van der Waals surface area contributed by atoms with E-state index < -0.39 is 18.2 Å². The molecule has 0 fully saturated rings. The molecule has 0 rings (SSSR count). The Morgan fingerprint density at radius 3 is 1.03 bits per heavy atom. The summed E-state index contributed by atoms with van der Waals surface area (Å²) in [6.07, 6.45) is 51.8. The van der Waals surface area contributed by atoms with Crippen LogP contribution < -0.4 is 5.32 Å². The SMILES string of the molecule is CCCCCCCCCCCCCCCCCCCCC(=O)OC(CCCCCCCCCC)CC(=O)NC(CO)C(O)CCCCCCCCCCCCCCCC. The number of carbonyl (C=O) groups is 2. The van der Waals surface area contributed by atoms with E-state index in [2.05, 4.69) is 26.1 Å². The predicted octanol–water partition coefficient (Wildman–Crippen LogP) is 16.0. The number of rotatable bonds is 49. The summed E-state index contributed by atoms with van der Waals surface area (Å²) < 4.78 is 5.92. The lowest BCUT2D eigenvalue weighted by atomic mass is 10.0. The van der Waals surface area contributed by atoms with Crippen LogP contribution in [0.5, 0.6) is 0 Å². The number of amides is 1. The van der Waals surface area contributed by atoms with Crippen LogP contribution in [-0.2, 0) is 14.3 Å². The lowest BCUT2D eigenvalue weighted by Crippen LogP contribution is -2.46. The summed E-state index contributed by atoms with van der Waals surface area (Å²) in [4.78, 5) is 26.1. The van der Waals surface area contributed by atoms with Crippen molar-refractivity contribution in [1.82, 2.24) is 5.32 Å². The molecule has 59 heavy (non-hydrogen) atoms. The van der Waals surface area contributed by atoms with Crippen molar-refractivity contribution >= 4 is 11.9 Å². The molecule has 0 radical (unpaired) electrons. The summed E-state index contributed by atoms with van der Waals surface area (Å²) in [6, 6.07) is -0.691. The molecule has 0 aliphatic carbocycles. The number of unbranched alkanes of at least 4 members (excludes halogenated alkanes) is 37. The number of aliphatic hydroxyl groups is 2. The van der Waals surface area contributed by atoms with Gasteiger partial charge in [-0.05, 0) is 25.7 Å². The fraction of sp³-hybridized carbons (Fsp3) is 0.962. The maximum absolute atomic E-state index is 13.2. The van der Waals surface area contributed by atoms with E-state index in [1.165, 1.54) is 218 Å². The largest absolute Gasteiger partial charge is 0.462 e. The summed E-state index contributed by atoms with van der Waals surface area (Å²) in [5.74, 6) is -0.454. The molecule has 3 N–H and O–H groups in total. The molecule has 6 heteroatoms. The highest BCUT2D eigenvalue weighted by molar-refractivity contribution is 5.77. The zero-order valence-electron chi connectivity index (χ0n) is 40.2. The Morgan fingerprint density at radius 1 is 0.424 bits per heavy atom. The minimum absolute atomic E-state index is 0.0867. The van der Waals surface area contributed by atoms with Gasteiger partial charge in [0.25, 0.3) is 0 Å². The average Bonchev–Trinajstić information content (AvgIpc) is 3.23. The molecule has 3 atom stereocenters. The second-order valence-electron chi connectivity index (χ2n) is 18.6. The molecule has 0 aliphatic rings. The van der Waals surface area contributed by atoms with Crippen molar-refractivity contribution in [2.75, 3.05) is 6.61 Å². The molecule has 352 valence electrons. The van der Waals surface area contributed by atoms with Crippen LogP contribution in [0.4, 0.5) is 0 Å². The topological polar surface area (TPSA) is 95.9 Å². The van der Waals surface area contributed by atoms with Crippen LogP contribution in [0.3, 0.4) is 0 Å². The van der Waals surface area contributed by atoms with Gasteiger partial charge in [0.1, 0.15) is 6.10 Å². The molecule has 0 aromatic heterocycles. The molecule has 0 aliphatic heterocycles. The van der Waals surface area contributed by atoms with Gasteiger partial charge in [-0.3, -0.25) is 9.59 Å². The highest BCUT2D eigenvalue weighted by Crippen LogP contribution is 2.19. The summed E-state index contributed by atoms with van der Waals surface area (Å²) in [6.45, 7) is 6.50. The van der Waals surface area contributed by atoms with Gasteiger partial charge >= 0.3 is 5.97 Å². The van der Waals surface area contributed by atoms with E-state index in [9.17, 15) is 19.8 Å². The molecule has 0 spiro atoms. The van der Waals surface area contributed by atoms with Crippen molar-refractivity contribution in [2.45, 2.75) is 322 Å². The summed E-state index contributed by atoms with van der Waals surface area (Å²) in [5, 5.41) is 23.7. The summed E-state index contributed by atoms with van der Waals surface area (Å²) in [7, 11) is 0. The van der Waals surface area contributed by atoms with Gasteiger partial charge in [-0.25, -0.2) is 0 Å². The van der Waals surface area contributed by atoms with E-state index in [-0.39, 0.29) is 24.9 Å². The highest BCUT2D eigenvalue weighted by Gasteiger charge is 2.24. The van der Waals surface area contributed by atoms with E-state index in [0.29, 0.717) is 19.3 Å². The second-order valence-corrected chi connectivity index (χ2v) is 18.6. The number of esters is 1. The Hall–Kier alpha value is -1.14. The first kappa shape index (κ1) is 57.9. The molecule has 0 heterocycles. The molecule has 0 aromatic rings. The lowest BCUT2D eigenvalue weighted by Gasteiger charge is -2.24. The Morgan fingerprint density at radius 2 is 0.712 bits per heavy atom. The zero-order valence-corrected chi connectivity index (χ0v) is 40.2. The van der Waals surface area contributed by atoms with Gasteiger partial charge in [0.2, 0.25) is 5.91 Å². The van der Waals surface area contributed by atoms with Crippen molar-refractivity contribution in [3.05, 3.63) is 0 Å². The van der Waals surface area contributed by atoms with Gasteiger partial charge in [-0.2, -0.15) is 0 Å². The van der Waals surface area contributed by atoms with Crippen LogP contribution in [0.2, 0.25) is 0 Å². The highest BCUT2D eigenvalue weighted by atomic mass is 16.5. The summed E-state index contributed by atoms with van der Waals surface area (Å²) >= 11 is 0. The van der Waals surface area contributed by atoms with E-state index in [1.807, 2.05) is 0 Å². The third-order valence-electron chi connectivity index (χ3n) is 12.7. The molecule has 0 aromatic carbocycles. The molecular formula is C53H105NO5. The van der Waals surface area contributed by atoms with Crippen molar-refractivity contribution in [1.29, 1.82) is 0 Å². The third-order valence-corrected chi connectivity index (χ3v) is 12.7. The van der Waals surface area contributed by atoms with Crippen molar-refractivity contribution in [3.63, 3.8) is 0 Å². The van der Waals surface area contributed by atoms with Crippen molar-refractivity contribution < 1.29 is 24.5 Å². The first-order valence-corrected chi connectivity index (χ1v) is 26.8. The summed E-state index contributed by atoms with van der Waals surface area (Å²) in [5.41, 5.74) is 0. The number of hydrogen-bond acceptors (Lipinski definition) is 5. The van der Waals surface area contributed by atoms with E-state index in [1.54, 1.807) is 0 Å². The standard InChI is InChI=1S/C53H105NO5/c1-4-7-10-13-16-19-21-23-25-26-27-28-30-32-34-37-40-43-46-53(58)59-49(44-41-38-35-18-15-12-9-6-3)47-52(57)54-50(48-55)51(56)45-42-39-36-33-31-29-24-22-20-17-14-11-8-5-2/h49-51,55-56H,4-48H2,1-3H3,(H,54,57).